The molecule has 2 atom stereocenters. The Hall–Kier alpha value is -0.340. The number of ether oxygens (including phenoxy) is 2. The van der Waals surface area contributed by atoms with E-state index in [2.05, 4.69) is 27.4 Å². The molecule has 0 N–H and O–H groups in total. The van der Waals surface area contributed by atoms with E-state index in [9.17, 15) is 0 Å². The van der Waals surface area contributed by atoms with Crippen molar-refractivity contribution in [1.82, 2.24) is 0 Å². The molecule has 0 spiro atoms. The lowest BCUT2D eigenvalue weighted by Crippen LogP contribution is -2.28. The molecular formula is C13H24O2. The van der Waals surface area contributed by atoms with E-state index in [-0.39, 0.29) is 6.29 Å². The highest BCUT2D eigenvalue weighted by molar-refractivity contribution is 5.06. The maximum atomic E-state index is 5.39. The Bertz CT molecular complexity index is 229. The third-order valence-electron chi connectivity index (χ3n) is 3.52. The Morgan fingerprint density at radius 3 is 2.20 bits per heavy atom. The molecule has 1 saturated carbocycles. The molecule has 0 amide bonds. The molecule has 2 nitrogen and oxygen atoms in total. The minimum Gasteiger partial charge on any atom is -0.356 e. The fraction of sp³-hybridized carbons (Fsp3) is 0.846. The van der Waals surface area contributed by atoms with Gasteiger partial charge in [0, 0.05) is 20.1 Å². The van der Waals surface area contributed by atoms with Crippen molar-refractivity contribution in [1.29, 1.82) is 0 Å². The maximum absolute atomic E-state index is 5.39. The van der Waals surface area contributed by atoms with Crippen LogP contribution in [-0.2, 0) is 9.47 Å². The Balaban J connectivity index is 2.81. The average molecular weight is 212 g/mol. The maximum Gasteiger partial charge on any atom is 0.160 e. The summed E-state index contributed by atoms with van der Waals surface area (Å²) < 4.78 is 10.8. The summed E-state index contributed by atoms with van der Waals surface area (Å²) in [4.78, 5) is 0. The van der Waals surface area contributed by atoms with Gasteiger partial charge in [-0.1, -0.05) is 26.0 Å². The van der Waals surface area contributed by atoms with Gasteiger partial charge in [-0.3, -0.25) is 0 Å². The van der Waals surface area contributed by atoms with Crippen molar-refractivity contribution in [3.05, 3.63) is 12.2 Å². The van der Waals surface area contributed by atoms with Gasteiger partial charge in [0.15, 0.2) is 6.29 Å². The summed E-state index contributed by atoms with van der Waals surface area (Å²) in [7, 11) is 3.43. The lowest BCUT2D eigenvalue weighted by molar-refractivity contribution is -0.143. The van der Waals surface area contributed by atoms with Crippen LogP contribution in [0.4, 0.5) is 0 Å². The van der Waals surface area contributed by atoms with Crippen LogP contribution < -0.4 is 0 Å². The monoisotopic (exact) mass is 212 g/mol. The molecule has 88 valence electrons. The van der Waals surface area contributed by atoms with Crippen LogP contribution >= 0.6 is 0 Å². The van der Waals surface area contributed by atoms with Crippen LogP contribution in [0.2, 0.25) is 0 Å². The van der Waals surface area contributed by atoms with E-state index in [4.69, 9.17) is 9.47 Å². The molecule has 0 heterocycles. The lowest BCUT2D eigenvalue weighted by Gasteiger charge is -2.26. The SMILES string of the molecule is C=C(C)C1CC(C)(C)CC1C(OC)OC. The summed E-state index contributed by atoms with van der Waals surface area (Å²) in [6, 6.07) is 0. The van der Waals surface area contributed by atoms with E-state index in [1.807, 2.05) is 0 Å². The molecule has 2 heteroatoms. The van der Waals surface area contributed by atoms with Crippen molar-refractivity contribution < 1.29 is 9.47 Å². The molecule has 0 aromatic carbocycles. The molecular weight excluding hydrogens is 188 g/mol. The van der Waals surface area contributed by atoms with Crippen LogP contribution in [0.3, 0.4) is 0 Å². The highest BCUT2D eigenvalue weighted by atomic mass is 16.7. The highest BCUT2D eigenvalue weighted by Gasteiger charge is 2.43. The van der Waals surface area contributed by atoms with Gasteiger partial charge in [0.1, 0.15) is 0 Å². The van der Waals surface area contributed by atoms with Crippen LogP contribution in [0.15, 0.2) is 12.2 Å². The van der Waals surface area contributed by atoms with Crippen molar-refractivity contribution in [2.24, 2.45) is 17.3 Å². The summed E-state index contributed by atoms with van der Waals surface area (Å²) in [6.45, 7) is 10.8. The van der Waals surface area contributed by atoms with Crippen molar-refractivity contribution in [2.45, 2.75) is 39.9 Å². The summed E-state index contributed by atoms with van der Waals surface area (Å²) in [5.74, 6) is 0.984. The van der Waals surface area contributed by atoms with Gasteiger partial charge in [-0.05, 0) is 31.1 Å². The lowest BCUT2D eigenvalue weighted by atomic mass is 9.89. The van der Waals surface area contributed by atoms with Gasteiger partial charge in [0.2, 0.25) is 0 Å². The predicted molar refractivity (Wildman–Crippen MR) is 62.6 cm³/mol. The molecule has 1 fully saturated rings. The van der Waals surface area contributed by atoms with E-state index in [0.717, 1.165) is 6.42 Å². The molecule has 2 unspecified atom stereocenters. The molecule has 15 heavy (non-hydrogen) atoms. The minimum absolute atomic E-state index is 0.0894. The van der Waals surface area contributed by atoms with Gasteiger partial charge in [-0.15, -0.1) is 0 Å². The van der Waals surface area contributed by atoms with Gasteiger partial charge < -0.3 is 9.47 Å². The molecule has 0 aromatic heterocycles. The Morgan fingerprint density at radius 1 is 1.27 bits per heavy atom. The van der Waals surface area contributed by atoms with Gasteiger partial charge >= 0.3 is 0 Å². The van der Waals surface area contributed by atoms with Crippen molar-refractivity contribution in [3.63, 3.8) is 0 Å². The zero-order valence-electron chi connectivity index (χ0n) is 10.7. The first-order valence-electron chi connectivity index (χ1n) is 5.62. The molecule has 0 saturated heterocycles. The fourth-order valence-corrected chi connectivity index (χ4v) is 2.88. The van der Waals surface area contributed by atoms with E-state index < -0.39 is 0 Å². The highest BCUT2D eigenvalue weighted by Crippen LogP contribution is 2.49. The Morgan fingerprint density at radius 2 is 1.80 bits per heavy atom. The van der Waals surface area contributed by atoms with Crippen LogP contribution in [-0.4, -0.2) is 20.5 Å². The molecule has 1 rings (SSSR count). The van der Waals surface area contributed by atoms with Crippen molar-refractivity contribution in [3.8, 4) is 0 Å². The van der Waals surface area contributed by atoms with Gasteiger partial charge in [0.25, 0.3) is 0 Å². The largest absolute Gasteiger partial charge is 0.356 e. The quantitative estimate of drug-likeness (QED) is 0.526. The van der Waals surface area contributed by atoms with E-state index in [1.54, 1.807) is 14.2 Å². The normalized spacial score (nSPS) is 29.7. The first-order valence-corrected chi connectivity index (χ1v) is 5.62. The third kappa shape index (κ3) is 2.82. The van der Waals surface area contributed by atoms with Crippen LogP contribution in [0.5, 0.6) is 0 Å². The van der Waals surface area contributed by atoms with E-state index in [0.29, 0.717) is 17.3 Å². The van der Waals surface area contributed by atoms with Gasteiger partial charge in [-0.25, -0.2) is 0 Å². The third-order valence-corrected chi connectivity index (χ3v) is 3.52. The fourth-order valence-electron chi connectivity index (χ4n) is 2.88. The predicted octanol–water partition coefficient (Wildman–Crippen LogP) is 3.23. The van der Waals surface area contributed by atoms with Crippen LogP contribution in [0.1, 0.15) is 33.6 Å². The van der Waals surface area contributed by atoms with Crippen LogP contribution in [0.25, 0.3) is 0 Å². The van der Waals surface area contributed by atoms with Crippen molar-refractivity contribution >= 4 is 0 Å². The second-order valence-electron chi connectivity index (χ2n) is 5.53. The first kappa shape index (κ1) is 12.7. The average Bonchev–Trinajstić information content (AvgIpc) is 2.44. The second kappa shape index (κ2) is 4.67. The zero-order valence-corrected chi connectivity index (χ0v) is 10.7. The molecule has 1 aliphatic carbocycles. The minimum atomic E-state index is -0.0894. The summed E-state index contributed by atoms with van der Waals surface area (Å²) in [6.07, 6.45) is 2.25. The van der Waals surface area contributed by atoms with Crippen LogP contribution in [0, 0.1) is 17.3 Å². The summed E-state index contributed by atoms with van der Waals surface area (Å²) >= 11 is 0. The second-order valence-corrected chi connectivity index (χ2v) is 5.53. The first-order chi connectivity index (χ1) is 6.91. The number of methoxy groups -OCH3 is 2. The Kier molecular flexibility index (Phi) is 3.96. The molecule has 1 aliphatic rings. The molecule has 0 aromatic rings. The summed E-state index contributed by atoms with van der Waals surface area (Å²) in [5, 5.41) is 0. The standard InChI is InChI=1S/C13H24O2/c1-9(2)10-7-13(3,4)8-11(10)12(14-5)15-6/h10-12H,1,7-8H2,2-6H3. The topological polar surface area (TPSA) is 18.5 Å². The molecule has 0 bridgehead atoms. The van der Waals surface area contributed by atoms with E-state index in [1.165, 1.54) is 12.0 Å². The number of hydrogen-bond acceptors (Lipinski definition) is 2. The number of allylic oxidation sites excluding steroid dienone is 1. The van der Waals surface area contributed by atoms with E-state index >= 15 is 0 Å². The van der Waals surface area contributed by atoms with Gasteiger partial charge in [0.05, 0.1) is 0 Å². The number of rotatable bonds is 4. The molecule has 0 radical (unpaired) electrons. The molecule has 0 aliphatic heterocycles. The Labute approximate surface area is 93.7 Å². The van der Waals surface area contributed by atoms with Gasteiger partial charge in [-0.2, -0.15) is 0 Å². The zero-order chi connectivity index (χ0) is 11.6. The van der Waals surface area contributed by atoms with Crippen molar-refractivity contribution in [2.75, 3.05) is 14.2 Å². The number of hydrogen-bond donors (Lipinski definition) is 0. The summed E-state index contributed by atoms with van der Waals surface area (Å²) in [5.41, 5.74) is 1.63. The smallest absolute Gasteiger partial charge is 0.160 e.